The van der Waals surface area contributed by atoms with Crippen molar-refractivity contribution in [2.24, 2.45) is 5.41 Å². The highest BCUT2D eigenvalue weighted by atomic mass is 15.0. The molecular weight excluding hydrogens is 158 g/mol. The smallest absolute Gasteiger partial charge is 0.00233 e. The molecule has 2 rings (SSSR count). The van der Waals surface area contributed by atoms with Crippen LogP contribution in [0.4, 0.5) is 0 Å². The van der Waals surface area contributed by atoms with Gasteiger partial charge in [0.05, 0.1) is 0 Å². The topological polar surface area (TPSA) is 12.0 Å². The van der Waals surface area contributed by atoms with Gasteiger partial charge in [0.1, 0.15) is 0 Å². The van der Waals surface area contributed by atoms with E-state index in [1.54, 1.807) is 0 Å². The van der Waals surface area contributed by atoms with Crippen molar-refractivity contribution >= 4 is 0 Å². The Bertz CT molecular complexity index is 256. The maximum Gasteiger partial charge on any atom is 0.00233 e. The molecule has 0 saturated carbocycles. The third-order valence-corrected chi connectivity index (χ3v) is 3.17. The van der Waals surface area contributed by atoms with Crippen molar-refractivity contribution in [1.29, 1.82) is 0 Å². The van der Waals surface area contributed by atoms with E-state index in [0.717, 1.165) is 0 Å². The summed E-state index contributed by atoms with van der Waals surface area (Å²) >= 11 is 0. The van der Waals surface area contributed by atoms with Crippen LogP contribution in [-0.4, -0.2) is 13.1 Å². The first-order chi connectivity index (χ1) is 6.35. The van der Waals surface area contributed by atoms with Crippen molar-refractivity contribution in [2.75, 3.05) is 13.1 Å². The lowest BCUT2D eigenvalue weighted by atomic mass is 9.74. The number of hydrogen-bond acceptors (Lipinski definition) is 1. The Morgan fingerprint density at radius 1 is 1.23 bits per heavy atom. The summed E-state index contributed by atoms with van der Waals surface area (Å²) in [6, 6.07) is 10.8. The SMILES string of the molecule is CCC1(Cc2ccccc2)CNC1. The fourth-order valence-corrected chi connectivity index (χ4v) is 2.01. The molecule has 1 nitrogen and oxygen atoms in total. The van der Waals surface area contributed by atoms with Crippen molar-refractivity contribution in [3.63, 3.8) is 0 Å². The minimum atomic E-state index is 0.557. The molecule has 1 N–H and O–H groups in total. The van der Waals surface area contributed by atoms with Gasteiger partial charge in [-0.25, -0.2) is 0 Å². The van der Waals surface area contributed by atoms with Crippen molar-refractivity contribution in [3.8, 4) is 0 Å². The first-order valence-electron chi connectivity index (χ1n) is 5.09. The fraction of sp³-hybridized carbons (Fsp3) is 0.500. The van der Waals surface area contributed by atoms with E-state index in [1.807, 2.05) is 0 Å². The van der Waals surface area contributed by atoms with E-state index in [0.29, 0.717) is 5.41 Å². The number of benzene rings is 1. The van der Waals surface area contributed by atoms with Crippen LogP contribution in [0.25, 0.3) is 0 Å². The summed E-state index contributed by atoms with van der Waals surface area (Å²) in [6.45, 7) is 4.68. The minimum absolute atomic E-state index is 0.557. The molecule has 13 heavy (non-hydrogen) atoms. The Labute approximate surface area is 80.2 Å². The summed E-state index contributed by atoms with van der Waals surface area (Å²) in [7, 11) is 0. The molecule has 0 atom stereocenters. The average molecular weight is 175 g/mol. The van der Waals surface area contributed by atoms with Gasteiger partial charge in [-0.05, 0) is 23.8 Å². The van der Waals surface area contributed by atoms with E-state index in [2.05, 4.69) is 42.6 Å². The van der Waals surface area contributed by atoms with Gasteiger partial charge >= 0.3 is 0 Å². The normalized spacial score (nSPS) is 19.5. The Hall–Kier alpha value is -0.820. The van der Waals surface area contributed by atoms with E-state index in [-0.39, 0.29) is 0 Å². The van der Waals surface area contributed by atoms with Gasteiger partial charge in [-0.3, -0.25) is 0 Å². The monoisotopic (exact) mass is 175 g/mol. The van der Waals surface area contributed by atoms with Gasteiger partial charge in [-0.15, -0.1) is 0 Å². The lowest BCUT2D eigenvalue weighted by Gasteiger charge is -2.42. The Kier molecular flexibility index (Phi) is 2.36. The third-order valence-electron chi connectivity index (χ3n) is 3.17. The Balaban J connectivity index is 2.05. The number of hydrogen-bond donors (Lipinski definition) is 1. The summed E-state index contributed by atoms with van der Waals surface area (Å²) in [5, 5.41) is 3.37. The van der Waals surface area contributed by atoms with Crippen LogP contribution in [0.5, 0.6) is 0 Å². The summed E-state index contributed by atoms with van der Waals surface area (Å²) in [4.78, 5) is 0. The molecule has 70 valence electrons. The maximum atomic E-state index is 3.37. The van der Waals surface area contributed by atoms with Gasteiger partial charge in [0.25, 0.3) is 0 Å². The molecule has 1 aliphatic heterocycles. The van der Waals surface area contributed by atoms with Crippen LogP contribution in [0.2, 0.25) is 0 Å². The molecule has 0 aromatic heterocycles. The summed E-state index contributed by atoms with van der Waals surface area (Å²) < 4.78 is 0. The second-order valence-corrected chi connectivity index (χ2v) is 4.12. The highest BCUT2D eigenvalue weighted by Gasteiger charge is 2.34. The van der Waals surface area contributed by atoms with Crippen molar-refractivity contribution in [2.45, 2.75) is 19.8 Å². The summed E-state index contributed by atoms with van der Waals surface area (Å²) in [6.07, 6.45) is 2.52. The van der Waals surface area contributed by atoms with Gasteiger partial charge in [0.15, 0.2) is 0 Å². The molecular formula is C12H17N. The van der Waals surface area contributed by atoms with Crippen molar-refractivity contribution in [1.82, 2.24) is 5.32 Å². The van der Waals surface area contributed by atoms with Crippen LogP contribution in [0.3, 0.4) is 0 Å². The van der Waals surface area contributed by atoms with Gasteiger partial charge in [0.2, 0.25) is 0 Å². The van der Waals surface area contributed by atoms with Crippen LogP contribution in [-0.2, 0) is 6.42 Å². The third kappa shape index (κ3) is 1.75. The zero-order valence-electron chi connectivity index (χ0n) is 8.22. The molecule has 1 aliphatic rings. The van der Waals surface area contributed by atoms with E-state index in [1.165, 1.54) is 31.5 Å². The highest BCUT2D eigenvalue weighted by molar-refractivity contribution is 5.18. The number of nitrogens with one attached hydrogen (secondary N) is 1. The second kappa shape index (κ2) is 3.51. The minimum Gasteiger partial charge on any atom is -0.316 e. The molecule has 1 aromatic rings. The highest BCUT2D eigenvalue weighted by Crippen LogP contribution is 2.30. The molecule has 1 heteroatoms. The quantitative estimate of drug-likeness (QED) is 0.743. The first-order valence-corrected chi connectivity index (χ1v) is 5.09. The molecule has 1 heterocycles. The molecule has 1 aromatic carbocycles. The molecule has 0 spiro atoms. The largest absolute Gasteiger partial charge is 0.316 e. The standard InChI is InChI=1S/C12H17N/c1-2-12(9-13-10-12)8-11-6-4-3-5-7-11/h3-7,13H,2,8-10H2,1H3. The van der Waals surface area contributed by atoms with Crippen LogP contribution >= 0.6 is 0 Å². The average Bonchev–Trinajstić information content (AvgIpc) is 2.13. The second-order valence-electron chi connectivity index (χ2n) is 4.12. The van der Waals surface area contributed by atoms with E-state index in [9.17, 15) is 0 Å². The zero-order valence-corrected chi connectivity index (χ0v) is 8.22. The van der Waals surface area contributed by atoms with Crippen LogP contribution in [0.1, 0.15) is 18.9 Å². The van der Waals surface area contributed by atoms with Crippen LogP contribution in [0, 0.1) is 5.41 Å². The van der Waals surface area contributed by atoms with E-state index >= 15 is 0 Å². The van der Waals surface area contributed by atoms with E-state index in [4.69, 9.17) is 0 Å². The lowest BCUT2D eigenvalue weighted by Crippen LogP contribution is -2.54. The first kappa shape index (κ1) is 8.76. The predicted molar refractivity (Wildman–Crippen MR) is 55.7 cm³/mol. The van der Waals surface area contributed by atoms with Crippen molar-refractivity contribution < 1.29 is 0 Å². The molecule has 1 saturated heterocycles. The van der Waals surface area contributed by atoms with Gasteiger partial charge in [-0.1, -0.05) is 37.3 Å². The van der Waals surface area contributed by atoms with Crippen LogP contribution < -0.4 is 5.32 Å². The molecule has 0 bridgehead atoms. The molecule has 0 radical (unpaired) electrons. The van der Waals surface area contributed by atoms with Crippen molar-refractivity contribution in [3.05, 3.63) is 35.9 Å². The molecule has 0 aliphatic carbocycles. The predicted octanol–water partition coefficient (Wildman–Crippen LogP) is 2.23. The summed E-state index contributed by atoms with van der Waals surface area (Å²) in [5.74, 6) is 0. The van der Waals surface area contributed by atoms with Gasteiger partial charge in [-0.2, -0.15) is 0 Å². The summed E-state index contributed by atoms with van der Waals surface area (Å²) in [5.41, 5.74) is 2.03. The Morgan fingerprint density at radius 2 is 1.92 bits per heavy atom. The Morgan fingerprint density at radius 3 is 2.38 bits per heavy atom. The molecule has 1 fully saturated rings. The van der Waals surface area contributed by atoms with Gasteiger partial charge in [0, 0.05) is 13.1 Å². The fourth-order valence-electron chi connectivity index (χ4n) is 2.01. The van der Waals surface area contributed by atoms with Gasteiger partial charge < -0.3 is 5.32 Å². The zero-order chi connectivity index (χ0) is 9.15. The van der Waals surface area contributed by atoms with E-state index < -0.39 is 0 Å². The maximum absolute atomic E-state index is 3.37. The molecule has 0 unspecified atom stereocenters. The number of rotatable bonds is 3. The lowest BCUT2D eigenvalue weighted by molar-refractivity contribution is 0.160. The van der Waals surface area contributed by atoms with Crippen LogP contribution in [0.15, 0.2) is 30.3 Å². The molecule has 0 amide bonds.